The summed E-state index contributed by atoms with van der Waals surface area (Å²) in [4.78, 5) is 40.6. The van der Waals surface area contributed by atoms with Crippen LogP contribution in [-0.2, 0) is 9.53 Å². The summed E-state index contributed by atoms with van der Waals surface area (Å²) in [7, 11) is 0. The maximum atomic E-state index is 14.8. The lowest BCUT2D eigenvalue weighted by Crippen LogP contribution is -2.48. The van der Waals surface area contributed by atoms with Gasteiger partial charge in [0.1, 0.15) is 11.9 Å². The Morgan fingerprint density at radius 2 is 1.97 bits per heavy atom. The molecule has 1 aromatic carbocycles. The van der Waals surface area contributed by atoms with Crippen molar-refractivity contribution in [2.24, 2.45) is 0 Å². The summed E-state index contributed by atoms with van der Waals surface area (Å²) in [5.41, 5.74) is 0.815. The number of halogens is 1. The van der Waals surface area contributed by atoms with Gasteiger partial charge in [0.05, 0.1) is 30.7 Å². The van der Waals surface area contributed by atoms with Crippen molar-refractivity contribution in [3.63, 3.8) is 0 Å². The van der Waals surface area contributed by atoms with Gasteiger partial charge in [0.25, 0.3) is 5.91 Å². The molecule has 1 atom stereocenters. The fourth-order valence-electron chi connectivity index (χ4n) is 3.72. The minimum Gasteiger partial charge on any atom is -0.459 e. The lowest BCUT2D eigenvalue weighted by atomic mass is 10.2. The van der Waals surface area contributed by atoms with E-state index in [0.717, 1.165) is 0 Å². The molecule has 0 radical (unpaired) electrons. The molecule has 0 unspecified atom stereocenters. The Kier molecular flexibility index (Phi) is 5.79. The van der Waals surface area contributed by atoms with E-state index in [4.69, 9.17) is 9.15 Å². The number of furan rings is 1. The number of cyclic esters (lactones) is 1. The molecule has 1 N–H and O–H groups in total. The zero-order chi connectivity index (χ0) is 22.0. The van der Waals surface area contributed by atoms with E-state index in [0.29, 0.717) is 37.6 Å². The van der Waals surface area contributed by atoms with Gasteiger partial charge in [-0.2, -0.15) is 0 Å². The van der Waals surface area contributed by atoms with Gasteiger partial charge in [0.2, 0.25) is 5.91 Å². The molecule has 3 heterocycles. The number of ether oxygens (including phenoxy) is 1. The van der Waals surface area contributed by atoms with Crippen LogP contribution in [0.15, 0.2) is 41.0 Å². The smallest absolute Gasteiger partial charge is 0.414 e. The molecule has 2 saturated heterocycles. The zero-order valence-corrected chi connectivity index (χ0v) is 17.0. The molecule has 164 valence electrons. The van der Waals surface area contributed by atoms with E-state index in [-0.39, 0.29) is 24.8 Å². The van der Waals surface area contributed by atoms with Crippen LogP contribution in [0.5, 0.6) is 0 Å². The van der Waals surface area contributed by atoms with Gasteiger partial charge in [0, 0.05) is 33.1 Å². The van der Waals surface area contributed by atoms with Crippen molar-refractivity contribution in [1.82, 2.24) is 10.2 Å². The van der Waals surface area contributed by atoms with Gasteiger partial charge in [0.15, 0.2) is 5.76 Å². The highest BCUT2D eigenvalue weighted by Gasteiger charge is 2.33. The standard InChI is InChI=1S/C21H23FN4O5/c1-14(27)24-6-8-25(9-7-24)18-5-4-15(11-17(18)22)26-13-16(31-21(26)29)12-23-20(28)19-3-2-10-30-19/h2-5,10-11,16H,6-9,12-13H2,1H3,(H,23,28)/t16-/m0/s1. The van der Waals surface area contributed by atoms with Crippen molar-refractivity contribution in [3.05, 3.63) is 48.2 Å². The number of hydrogen-bond acceptors (Lipinski definition) is 6. The number of nitrogens with one attached hydrogen (secondary N) is 1. The lowest BCUT2D eigenvalue weighted by Gasteiger charge is -2.35. The molecule has 1 aromatic heterocycles. The van der Waals surface area contributed by atoms with Gasteiger partial charge in [-0.1, -0.05) is 0 Å². The topological polar surface area (TPSA) is 95.3 Å². The molecule has 10 heteroatoms. The molecule has 0 aliphatic carbocycles. The molecule has 2 fully saturated rings. The summed E-state index contributed by atoms with van der Waals surface area (Å²) in [6, 6.07) is 7.74. The molecule has 31 heavy (non-hydrogen) atoms. The number of amides is 3. The summed E-state index contributed by atoms with van der Waals surface area (Å²) in [5.74, 6) is -0.670. The van der Waals surface area contributed by atoms with Crippen LogP contribution in [0.25, 0.3) is 0 Å². The van der Waals surface area contributed by atoms with E-state index in [1.165, 1.54) is 30.2 Å². The summed E-state index contributed by atoms with van der Waals surface area (Å²) < 4.78 is 25.1. The number of benzene rings is 1. The number of nitrogens with zero attached hydrogens (tertiary/aromatic N) is 3. The fraction of sp³-hybridized carbons (Fsp3) is 0.381. The van der Waals surface area contributed by atoms with E-state index in [2.05, 4.69) is 5.32 Å². The third kappa shape index (κ3) is 4.47. The van der Waals surface area contributed by atoms with Crippen molar-refractivity contribution in [1.29, 1.82) is 0 Å². The molecule has 0 bridgehead atoms. The quantitative estimate of drug-likeness (QED) is 0.778. The molecular weight excluding hydrogens is 407 g/mol. The third-order valence-electron chi connectivity index (χ3n) is 5.42. The Morgan fingerprint density at radius 1 is 1.19 bits per heavy atom. The van der Waals surface area contributed by atoms with Gasteiger partial charge < -0.3 is 24.3 Å². The van der Waals surface area contributed by atoms with Crippen LogP contribution >= 0.6 is 0 Å². The lowest BCUT2D eigenvalue weighted by molar-refractivity contribution is -0.129. The summed E-state index contributed by atoms with van der Waals surface area (Å²) in [5, 5.41) is 2.65. The Labute approximate surface area is 178 Å². The Bertz CT molecular complexity index is 972. The molecule has 4 rings (SSSR count). The first kappa shape index (κ1) is 20.7. The Balaban J connectivity index is 1.36. The molecule has 0 saturated carbocycles. The van der Waals surface area contributed by atoms with E-state index in [1.807, 2.05) is 4.90 Å². The predicted molar refractivity (Wildman–Crippen MR) is 110 cm³/mol. The maximum absolute atomic E-state index is 14.8. The Morgan fingerprint density at radius 3 is 2.61 bits per heavy atom. The molecule has 2 aliphatic rings. The first-order chi connectivity index (χ1) is 14.9. The fourth-order valence-corrected chi connectivity index (χ4v) is 3.72. The normalized spacial score (nSPS) is 18.8. The predicted octanol–water partition coefficient (Wildman–Crippen LogP) is 1.84. The zero-order valence-electron chi connectivity index (χ0n) is 17.0. The van der Waals surface area contributed by atoms with Crippen LogP contribution in [0.1, 0.15) is 17.5 Å². The highest BCUT2D eigenvalue weighted by molar-refractivity contribution is 5.92. The van der Waals surface area contributed by atoms with Crippen LogP contribution in [0.4, 0.5) is 20.6 Å². The molecule has 2 aromatic rings. The maximum Gasteiger partial charge on any atom is 0.414 e. The number of hydrogen-bond donors (Lipinski definition) is 1. The minimum atomic E-state index is -0.598. The number of piperazine rings is 1. The molecule has 0 spiro atoms. The second-order valence-corrected chi connectivity index (χ2v) is 7.43. The largest absolute Gasteiger partial charge is 0.459 e. The highest BCUT2D eigenvalue weighted by Crippen LogP contribution is 2.28. The second kappa shape index (κ2) is 8.66. The van der Waals surface area contributed by atoms with Crippen molar-refractivity contribution in [2.45, 2.75) is 13.0 Å². The second-order valence-electron chi connectivity index (χ2n) is 7.43. The van der Waals surface area contributed by atoms with Crippen LogP contribution in [0.3, 0.4) is 0 Å². The summed E-state index contributed by atoms with van der Waals surface area (Å²) in [6.45, 7) is 3.99. The third-order valence-corrected chi connectivity index (χ3v) is 5.42. The number of carbonyl (C=O) groups is 3. The molecule has 9 nitrogen and oxygen atoms in total. The van der Waals surface area contributed by atoms with E-state index in [9.17, 15) is 18.8 Å². The number of anilines is 2. The van der Waals surface area contributed by atoms with Gasteiger partial charge in [-0.25, -0.2) is 9.18 Å². The summed E-state index contributed by atoms with van der Waals surface area (Å²) in [6.07, 6.45) is 0.238. The van der Waals surface area contributed by atoms with Gasteiger partial charge in [-0.05, 0) is 30.3 Å². The van der Waals surface area contributed by atoms with Crippen molar-refractivity contribution >= 4 is 29.3 Å². The van der Waals surface area contributed by atoms with Crippen LogP contribution in [0, 0.1) is 5.82 Å². The van der Waals surface area contributed by atoms with Gasteiger partial charge in [-0.3, -0.25) is 14.5 Å². The monoisotopic (exact) mass is 430 g/mol. The van der Waals surface area contributed by atoms with E-state index < -0.39 is 23.9 Å². The first-order valence-electron chi connectivity index (χ1n) is 10.0. The Hall–Kier alpha value is -3.56. The first-order valence-corrected chi connectivity index (χ1v) is 10.0. The average Bonchev–Trinajstić information content (AvgIpc) is 3.42. The number of carbonyl (C=O) groups excluding carboxylic acids is 3. The molecular formula is C21H23FN4O5. The molecule has 2 aliphatic heterocycles. The van der Waals surface area contributed by atoms with Crippen molar-refractivity contribution < 1.29 is 27.9 Å². The van der Waals surface area contributed by atoms with E-state index >= 15 is 0 Å². The van der Waals surface area contributed by atoms with E-state index in [1.54, 1.807) is 23.1 Å². The van der Waals surface area contributed by atoms with Gasteiger partial charge in [-0.15, -0.1) is 0 Å². The van der Waals surface area contributed by atoms with Crippen molar-refractivity contribution in [3.8, 4) is 0 Å². The summed E-state index contributed by atoms with van der Waals surface area (Å²) >= 11 is 0. The van der Waals surface area contributed by atoms with Gasteiger partial charge >= 0.3 is 6.09 Å². The average molecular weight is 430 g/mol. The van der Waals surface area contributed by atoms with Crippen LogP contribution < -0.4 is 15.1 Å². The molecule has 3 amide bonds. The number of rotatable bonds is 5. The minimum absolute atomic E-state index is 0.0120. The van der Waals surface area contributed by atoms with Crippen molar-refractivity contribution in [2.75, 3.05) is 49.1 Å². The van der Waals surface area contributed by atoms with Crippen LogP contribution in [-0.4, -0.2) is 68.2 Å². The van der Waals surface area contributed by atoms with Crippen LogP contribution in [0.2, 0.25) is 0 Å². The SMILES string of the molecule is CC(=O)N1CCN(c2ccc(N3C[C@H](CNC(=O)c4ccco4)OC3=O)cc2F)CC1. The highest BCUT2D eigenvalue weighted by atomic mass is 19.1.